The number of hydrogen-bond acceptors (Lipinski definition) is 5. The Kier molecular flexibility index (Phi) is 6.65. The van der Waals surface area contributed by atoms with Crippen LogP contribution in [0.25, 0.3) is 5.69 Å². The van der Waals surface area contributed by atoms with E-state index in [1.54, 1.807) is 18.2 Å². The molecule has 33 heavy (non-hydrogen) atoms. The van der Waals surface area contributed by atoms with Gasteiger partial charge < -0.3 is 15.0 Å². The summed E-state index contributed by atoms with van der Waals surface area (Å²) in [6.45, 7) is 3.10. The Labute approximate surface area is 195 Å². The van der Waals surface area contributed by atoms with Gasteiger partial charge in [-0.1, -0.05) is 11.6 Å². The molecule has 1 fully saturated rings. The fourth-order valence-electron chi connectivity index (χ4n) is 3.87. The summed E-state index contributed by atoms with van der Waals surface area (Å²) in [5.74, 6) is 0.537. The first-order chi connectivity index (χ1) is 15.9. The van der Waals surface area contributed by atoms with Crippen LogP contribution in [0.2, 0.25) is 5.02 Å². The zero-order valence-electron chi connectivity index (χ0n) is 18.3. The van der Waals surface area contributed by atoms with Crippen LogP contribution in [0.1, 0.15) is 18.4 Å². The number of amides is 1. The normalized spacial score (nSPS) is 14.2. The van der Waals surface area contributed by atoms with Crippen molar-refractivity contribution in [1.82, 2.24) is 9.78 Å². The SMILES string of the molecule is COc1cc(Cl)c(C)cc1NC(=O)C1CCN(c2ccc(=O)n(-c3ccc(F)cc3)n2)CC1. The van der Waals surface area contributed by atoms with Gasteiger partial charge >= 0.3 is 0 Å². The van der Waals surface area contributed by atoms with Crippen LogP contribution in [0.15, 0.2) is 53.3 Å². The van der Waals surface area contributed by atoms with Crippen molar-refractivity contribution in [3.8, 4) is 11.4 Å². The molecule has 0 spiro atoms. The van der Waals surface area contributed by atoms with E-state index in [0.29, 0.717) is 53.9 Å². The molecule has 4 rings (SSSR count). The summed E-state index contributed by atoms with van der Waals surface area (Å²) >= 11 is 6.15. The number of piperidine rings is 1. The molecule has 1 aromatic heterocycles. The van der Waals surface area contributed by atoms with Gasteiger partial charge in [-0.05, 0) is 61.7 Å². The van der Waals surface area contributed by atoms with Crippen LogP contribution in [-0.2, 0) is 4.79 Å². The lowest BCUT2D eigenvalue weighted by atomic mass is 9.95. The maximum absolute atomic E-state index is 13.2. The van der Waals surface area contributed by atoms with E-state index >= 15 is 0 Å². The van der Waals surface area contributed by atoms with E-state index in [1.165, 1.54) is 42.1 Å². The number of benzene rings is 2. The first-order valence-corrected chi connectivity index (χ1v) is 11.0. The first kappa shape index (κ1) is 22.8. The molecule has 1 aliphatic heterocycles. The van der Waals surface area contributed by atoms with Crippen LogP contribution in [-0.4, -0.2) is 35.9 Å². The molecule has 2 heterocycles. The maximum atomic E-state index is 13.2. The van der Waals surface area contributed by atoms with Crippen molar-refractivity contribution in [2.24, 2.45) is 5.92 Å². The molecule has 172 valence electrons. The Morgan fingerprint density at radius 1 is 1.15 bits per heavy atom. The van der Waals surface area contributed by atoms with Gasteiger partial charge in [0.2, 0.25) is 5.91 Å². The number of aromatic nitrogens is 2. The van der Waals surface area contributed by atoms with Crippen molar-refractivity contribution >= 4 is 29.0 Å². The van der Waals surface area contributed by atoms with Crippen molar-refractivity contribution in [1.29, 1.82) is 0 Å². The Hall–Kier alpha value is -3.39. The van der Waals surface area contributed by atoms with Crippen LogP contribution < -0.4 is 20.5 Å². The van der Waals surface area contributed by atoms with Crippen LogP contribution in [0.3, 0.4) is 0 Å². The smallest absolute Gasteiger partial charge is 0.271 e. The monoisotopic (exact) mass is 470 g/mol. The van der Waals surface area contributed by atoms with Crippen LogP contribution in [0, 0.1) is 18.7 Å². The predicted molar refractivity (Wildman–Crippen MR) is 126 cm³/mol. The Morgan fingerprint density at radius 3 is 2.52 bits per heavy atom. The summed E-state index contributed by atoms with van der Waals surface area (Å²) in [6, 6.07) is 12.2. The van der Waals surface area contributed by atoms with Crippen molar-refractivity contribution in [3.63, 3.8) is 0 Å². The largest absolute Gasteiger partial charge is 0.495 e. The van der Waals surface area contributed by atoms with Gasteiger partial charge in [0.15, 0.2) is 0 Å². The zero-order chi connectivity index (χ0) is 23.5. The molecule has 0 radical (unpaired) electrons. The number of hydrogen-bond donors (Lipinski definition) is 1. The third kappa shape index (κ3) is 5.01. The van der Waals surface area contributed by atoms with Gasteiger partial charge in [0.1, 0.15) is 17.4 Å². The number of anilines is 2. The molecule has 0 unspecified atom stereocenters. The topological polar surface area (TPSA) is 76.5 Å². The second kappa shape index (κ2) is 9.62. The molecule has 0 bridgehead atoms. The van der Waals surface area contributed by atoms with Crippen molar-refractivity contribution in [2.75, 3.05) is 30.4 Å². The Morgan fingerprint density at radius 2 is 1.85 bits per heavy atom. The number of halogens is 2. The Balaban J connectivity index is 1.44. The third-order valence-corrected chi connectivity index (χ3v) is 6.19. The minimum absolute atomic E-state index is 0.0705. The summed E-state index contributed by atoms with van der Waals surface area (Å²) in [5.41, 5.74) is 1.64. The molecule has 0 atom stereocenters. The van der Waals surface area contributed by atoms with E-state index in [9.17, 15) is 14.0 Å². The summed E-state index contributed by atoms with van der Waals surface area (Å²) in [7, 11) is 1.54. The van der Waals surface area contributed by atoms with E-state index < -0.39 is 0 Å². The quantitative estimate of drug-likeness (QED) is 0.605. The lowest BCUT2D eigenvalue weighted by Crippen LogP contribution is -2.39. The molecule has 9 heteroatoms. The molecule has 3 aromatic rings. The fraction of sp³-hybridized carbons (Fsp3) is 0.292. The van der Waals surface area contributed by atoms with Crippen molar-refractivity contribution < 1.29 is 13.9 Å². The summed E-state index contributed by atoms with van der Waals surface area (Å²) in [4.78, 5) is 27.2. The number of methoxy groups -OCH3 is 1. The third-order valence-electron chi connectivity index (χ3n) is 5.79. The summed E-state index contributed by atoms with van der Waals surface area (Å²) in [6.07, 6.45) is 1.27. The highest BCUT2D eigenvalue weighted by Crippen LogP contribution is 2.32. The highest BCUT2D eigenvalue weighted by Gasteiger charge is 2.27. The molecule has 1 saturated heterocycles. The number of rotatable bonds is 5. The highest BCUT2D eigenvalue weighted by molar-refractivity contribution is 6.31. The second-order valence-corrected chi connectivity index (χ2v) is 8.38. The Bertz CT molecular complexity index is 1220. The lowest BCUT2D eigenvalue weighted by Gasteiger charge is -2.32. The molecular weight excluding hydrogens is 447 g/mol. The first-order valence-electron chi connectivity index (χ1n) is 10.6. The van der Waals surface area contributed by atoms with Gasteiger partial charge in [0, 0.05) is 36.2 Å². The fourth-order valence-corrected chi connectivity index (χ4v) is 4.03. The number of carbonyl (C=O) groups excluding carboxylic acids is 1. The van der Waals surface area contributed by atoms with E-state index in [1.807, 2.05) is 11.8 Å². The lowest BCUT2D eigenvalue weighted by molar-refractivity contribution is -0.120. The predicted octanol–water partition coefficient (Wildman–Crippen LogP) is 4.20. The second-order valence-electron chi connectivity index (χ2n) is 7.97. The molecule has 1 amide bonds. The zero-order valence-corrected chi connectivity index (χ0v) is 19.1. The highest BCUT2D eigenvalue weighted by atomic mass is 35.5. The van der Waals surface area contributed by atoms with Gasteiger partial charge in [-0.15, -0.1) is 5.10 Å². The van der Waals surface area contributed by atoms with Crippen LogP contribution in [0.5, 0.6) is 5.75 Å². The molecule has 0 aliphatic carbocycles. The number of nitrogens with one attached hydrogen (secondary N) is 1. The average molecular weight is 471 g/mol. The molecule has 2 aromatic carbocycles. The van der Waals surface area contributed by atoms with Gasteiger partial charge in [-0.25, -0.2) is 4.39 Å². The minimum Gasteiger partial charge on any atom is -0.495 e. The van der Waals surface area contributed by atoms with E-state index in [0.717, 1.165) is 5.56 Å². The van der Waals surface area contributed by atoms with Crippen LogP contribution in [0.4, 0.5) is 15.9 Å². The minimum atomic E-state index is -0.380. The van der Waals surface area contributed by atoms with Crippen molar-refractivity contribution in [2.45, 2.75) is 19.8 Å². The molecule has 1 aliphatic rings. The molecule has 7 nitrogen and oxygen atoms in total. The summed E-state index contributed by atoms with van der Waals surface area (Å²) < 4.78 is 19.8. The van der Waals surface area contributed by atoms with E-state index in [-0.39, 0.29) is 23.2 Å². The molecular formula is C24H24ClFN4O3. The number of aryl methyl sites for hydroxylation is 1. The maximum Gasteiger partial charge on any atom is 0.271 e. The summed E-state index contributed by atoms with van der Waals surface area (Å²) in [5, 5.41) is 7.99. The van der Waals surface area contributed by atoms with Gasteiger partial charge in [0.25, 0.3) is 5.56 Å². The molecule has 0 saturated carbocycles. The van der Waals surface area contributed by atoms with Gasteiger partial charge in [-0.2, -0.15) is 4.68 Å². The standard InChI is InChI=1S/C24H24ClFN4O3/c1-15-13-20(21(33-2)14-19(15)25)27-24(32)16-9-11-29(12-10-16)22-7-8-23(31)30(28-22)18-5-3-17(26)4-6-18/h3-8,13-14,16H,9-12H2,1-2H3,(H,27,32). The van der Waals surface area contributed by atoms with Gasteiger partial charge in [0.05, 0.1) is 18.5 Å². The average Bonchev–Trinajstić information content (AvgIpc) is 2.82. The number of ether oxygens (including phenoxy) is 1. The van der Waals surface area contributed by atoms with E-state index in [4.69, 9.17) is 16.3 Å². The molecule has 1 N–H and O–H groups in total. The van der Waals surface area contributed by atoms with Crippen LogP contribution >= 0.6 is 11.6 Å². The van der Waals surface area contributed by atoms with Crippen molar-refractivity contribution in [3.05, 3.63) is 75.3 Å². The van der Waals surface area contributed by atoms with E-state index in [2.05, 4.69) is 10.4 Å². The van der Waals surface area contributed by atoms with Gasteiger partial charge in [-0.3, -0.25) is 9.59 Å². The number of carbonyl (C=O) groups is 1. The number of nitrogens with zero attached hydrogens (tertiary/aromatic N) is 3.